The maximum absolute atomic E-state index is 14.4. The molecule has 0 fully saturated rings. The SMILES string of the molecule is Cc1ccc(C)c(N(CC(=O)N(Cc2ccccc2F)C(C)C(=O)NC(C)C)S(C)(=O)=O)c1. The van der Waals surface area contributed by atoms with Gasteiger partial charge in [0, 0.05) is 18.2 Å². The van der Waals surface area contributed by atoms with Crippen LogP contribution in [0, 0.1) is 19.7 Å². The first-order valence-corrected chi connectivity index (χ1v) is 12.5. The van der Waals surface area contributed by atoms with Gasteiger partial charge in [-0.3, -0.25) is 13.9 Å². The molecule has 0 saturated carbocycles. The van der Waals surface area contributed by atoms with Crippen LogP contribution in [0.1, 0.15) is 37.5 Å². The molecule has 33 heavy (non-hydrogen) atoms. The van der Waals surface area contributed by atoms with Crippen LogP contribution in [-0.2, 0) is 26.2 Å². The van der Waals surface area contributed by atoms with E-state index in [9.17, 15) is 22.4 Å². The van der Waals surface area contributed by atoms with Gasteiger partial charge in [-0.05, 0) is 57.9 Å². The zero-order valence-corrected chi connectivity index (χ0v) is 20.7. The van der Waals surface area contributed by atoms with Crippen molar-refractivity contribution in [2.75, 3.05) is 17.1 Å². The summed E-state index contributed by atoms with van der Waals surface area (Å²) in [5.74, 6) is -1.54. The first kappa shape index (κ1) is 26.3. The Bertz CT molecular complexity index is 1120. The molecule has 0 aliphatic carbocycles. The molecule has 2 aromatic rings. The molecular formula is C24H32FN3O4S. The summed E-state index contributed by atoms with van der Waals surface area (Å²) in [5, 5.41) is 2.75. The predicted octanol–water partition coefficient (Wildman–Crippen LogP) is 3.15. The van der Waals surface area contributed by atoms with Crippen LogP contribution in [0.4, 0.5) is 10.1 Å². The molecule has 0 spiro atoms. The highest BCUT2D eigenvalue weighted by molar-refractivity contribution is 7.92. The molecule has 2 rings (SSSR count). The van der Waals surface area contributed by atoms with Crippen molar-refractivity contribution >= 4 is 27.5 Å². The number of anilines is 1. The second-order valence-electron chi connectivity index (χ2n) is 8.51. The fourth-order valence-corrected chi connectivity index (χ4v) is 4.28. The fourth-order valence-electron chi connectivity index (χ4n) is 3.38. The predicted molar refractivity (Wildman–Crippen MR) is 128 cm³/mol. The highest BCUT2D eigenvalue weighted by Crippen LogP contribution is 2.24. The van der Waals surface area contributed by atoms with E-state index in [-0.39, 0.29) is 18.2 Å². The maximum Gasteiger partial charge on any atom is 0.244 e. The van der Waals surface area contributed by atoms with Gasteiger partial charge in [-0.25, -0.2) is 12.8 Å². The minimum Gasteiger partial charge on any atom is -0.352 e. The van der Waals surface area contributed by atoms with Gasteiger partial charge < -0.3 is 10.2 Å². The maximum atomic E-state index is 14.4. The number of aryl methyl sites for hydroxylation is 2. The highest BCUT2D eigenvalue weighted by atomic mass is 32.2. The average Bonchev–Trinajstić information content (AvgIpc) is 2.71. The Kier molecular flexibility index (Phi) is 8.60. The van der Waals surface area contributed by atoms with Gasteiger partial charge in [0.2, 0.25) is 21.8 Å². The number of carbonyl (C=O) groups excluding carboxylic acids is 2. The molecule has 1 unspecified atom stereocenters. The highest BCUT2D eigenvalue weighted by Gasteiger charge is 2.31. The van der Waals surface area contributed by atoms with Crippen LogP contribution >= 0.6 is 0 Å². The Balaban J connectivity index is 2.45. The molecule has 0 saturated heterocycles. The van der Waals surface area contributed by atoms with Crippen LogP contribution in [0.3, 0.4) is 0 Å². The molecule has 2 aromatic carbocycles. The lowest BCUT2D eigenvalue weighted by molar-refractivity contribution is -0.139. The molecule has 2 amide bonds. The van der Waals surface area contributed by atoms with Crippen LogP contribution in [-0.4, -0.2) is 50.0 Å². The smallest absolute Gasteiger partial charge is 0.244 e. The number of hydrogen-bond donors (Lipinski definition) is 1. The van der Waals surface area contributed by atoms with Gasteiger partial charge in [0.1, 0.15) is 18.4 Å². The molecule has 0 bridgehead atoms. The van der Waals surface area contributed by atoms with E-state index in [4.69, 9.17) is 0 Å². The van der Waals surface area contributed by atoms with E-state index in [2.05, 4.69) is 5.32 Å². The zero-order valence-electron chi connectivity index (χ0n) is 19.9. The first-order chi connectivity index (χ1) is 15.3. The molecule has 0 radical (unpaired) electrons. The number of carbonyl (C=O) groups is 2. The van der Waals surface area contributed by atoms with E-state index in [1.807, 2.05) is 13.0 Å². The normalized spacial score (nSPS) is 12.4. The van der Waals surface area contributed by atoms with Crippen LogP contribution in [0.2, 0.25) is 0 Å². The summed E-state index contributed by atoms with van der Waals surface area (Å²) in [5.41, 5.74) is 2.14. The van der Waals surface area contributed by atoms with Gasteiger partial charge in [0.15, 0.2) is 0 Å². The Morgan fingerprint density at radius 1 is 1.06 bits per heavy atom. The molecule has 0 aliphatic rings. The van der Waals surface area contributed by atoms with Gasteiger partial charge in [-0.1, -0.05) is 30.3 Å². The Labute approximate surface area is 195 Å². The molecular weight excluding hydrogens is 445 g/mol. The third kappa shape index (κ3) is 7.02. The summed E-state index contributed by atoms with van der Waals surface area (Å²) in [7, 11) is -3.82. The quantitative estimate of drug-likeness (QED) is 0.601. The molecule has 9 heteroatoms. The van der Waals surface area contributed by atoms with Gasteiger partial charge >= 0.3 is 0 Å². The molecule has 7 nitrogen and oxygen atoms in total. The Morgan fingerprint density at radius 3 is 2.27 bits per heavy atom. The Morgan fingerprint density at radius 2 is 1.70 bits per heavy atom. The number of sulfonamides is 1. The van der Waals surface area contributed by atoms with E-state index in [0.717, 1.165) is 16.1 Å². The largest absolute Gasteiger partial charge is 0.352 e. The van der Waals surface area contributed by atoms with Crippen molar-refractivity contribution in [3.63, 3.8) is 0 Å². The number of hydrogen-bond acceptors (Lipinski definition) is 4. The van der Waals surface area contributed by atoms with E-state index < -0.39 is 40.2 Å². The van der Waals surface area contributed by atoms with Crippen molar-refractivity contribution in [2.45, 2.75) is 53.2 Å². The number of benzene rings is 2. The van der Waals surface area contributed by atoms with E-state index >= 15 is 0 Å². The molecule has 1 atom stereocenters. The van der Waals surface area contributed by atoms with Crippen molar-refractivity contribution in [3.05, 3.63) is 65.0 Å². The topological polar surface area (TPSA) is 86.8 Å². The third-order valence-corrected chi connectivity index (χ3v) is 6.34. The van der Waals surface area contributed by atoms with Crippen molar-refractivity contribution in [2.24, 2.45) is 0 Å². The number of nitrogens with zero attached hydrogens (tertiary/aromatic N) is 2. The monoisotopic (exact) mass is 477 g/mol. The van der Waals surface area contributed by atoms with E-state index in [1.165, 1.54) is 23.1 Å². The average molecular weight is 478 g/mol. The lowest BCUT2D eigenvalue weighted by atomic mass is 10.1. The third-order valence-electron chi connectivity index (χ3n) is 5.21. The summed E-state index contributed by atoms with van der Waals surface area (Å²) in [6, 6.07) is 10.2. The summed E-state index contributed by atoms with van der Waals surface area (Å²) >= 11 is 0. The first-order valence-electron chi connectivity index (χ1n) is 10.7. The van der Waals surface area contributed by atoms with Crippen molar-refractivity contribution in [3.8, 4) is 0 Å². The lowest BCUT2D eigenvalue weighted by Gasteiger charge is -2.32. The van der Waals surface area contributed by atoms with Crippen LogP contribution in [0.25, 0.3) is 0 Å². The van der Waals surface area contributed by atoms with E-state index in [0.29, 0.717) is 11.3 Å². The van der Waals surface area contributed by atoms with Gasteiger partial charge in [0.05, 0.1) is 11.9 Å². The summed E-state index contributed by atoms with van der Waals surface area (Å²) < 4.78 is 40.6. The van der Waals surface area contributed by atoms with E-state index in [1.54, 1.807) is 45.9 Å². The van der Waals surface area contributed by atoms with Crippen LogP contribution in [0.5, 0.6) is 0 Å². The molecule has 0 aromatic heterocycles. The standard InChI is InChI=1S/C24H32FN3O4S/c1-16(2)26-24(30)19(5)27(14-20-9-7-8-10-21(20)25)23(29)15-28(33(6,31)32)22-13-17(3)11-12-18(22)4/h7-13,16,19H,14-15H2,1-6H3,(H,26,30). The molecule has 0 aliphatic heterocycles. The minimum atomic E-state index is -3.82. The summed E-state index contributed by atoms with van der Waals surface area (Å²) in [6.45, 7) is 8.01. The van der Waals surface area contributed by atoms with Gasteiger partial charge in [-0.2, -0.15) is 0 Å². The van der Waals surface area contributed by atoms with Crippen molar-refractivity contribution in [1.82, 2.24) is 10.2 Å². The lowest BCUT2D eigenvalue weighted by Crippen LogP contribution is -2.52. The van der Waals surface area contributed by atoms with Crippen LogP contribution < -0.4 is 9.62 Å². The fraction of sp³-hybridized carbons (Fsp3) is 0.417. The second kappa shape index (κ2) is 10.8. The van der Waals surface area contributed by atoms with Gasteiger partial charge in [-0.15, -0.1) is 0 Å². The Hall–Kier alpha value is -2.94. The van der Waals surface area contributed by atoms with Crippen molar-refractivity contribution < 1.29 is 22.4 Å². The number of amides is 2. The molecule has 0 heterocycles. The number of halogens is 1. The van der Waals surface area contributed by atoms with Crippen LogP contribution in [0.15, 0.2) is 42.5 Å². The number of nitrogens with one attached hydrogen (secondary N) is 1. The molecule has 1 N–H and O–H groups in total. The summed E-state index contributed by atoms with van der Waals surface area (Å²) in [4.78, 5) is 27.3. The summed E-state index contributed by atoms with van der Waals surface area (Å²) in [6.07, 6.45) is 1.03. The molecule has 180 valence electrons. The van der Waals surface area contributed by atoms with Gasteiger partial charge in [0.25, 0.3) is 0 Å². The van der Waals surface area contributed by atoms with Crippen molar-refractivity contribution in [1.29, 1.82) is 0 Å². The number of rotatable bonds is 9. The second-order valence-corrected chi connectivity index (χ2v) is 10.4. The minimum absolute atomic E-state index is 0.159. The zero-order chi connectivity index (χ0) is 24.9.